The second-order valence-corrected chi connectivity index (χ2v) is 3.46. The predicted octanol–water partition coefficient (Wildman–Crippen LogP) is 2.43. The maximum atomic E-state index is 10.7. The molecule has 0 aromatic heterocycles. The van der Waals surface area contributed by atoms with Crippen LogP contribution in [0.2, 0.25) is 0 Å². The summed E-state index contributed by atoms with van der Waals surface area (Å²) in [7, 11) is 1.46. The number of nitro groups is 1. The highest BCUT2D eigenvalue weighted by atomic mass is 79.9. The molecule has 1 rings (SSSR count). The SMILES string of the molecule is COc1ccc([N+](=O)[O-])c(CC#N)c1Br. The van der Waals surface area contributed by atoms with Gasteiger partial charge in [0.1, 0.15) is 5.75 Å². The van der Waals surface area contributed by atoms with Crippen molar-refractivity contribution < 1.29 is 9.66 Å². The van der Waals surface area contributed by atoms with E-state index in [1.54, 1.807) is 0 Å². The van der Waals surface area contributed by atoms with Gasteiger partial charge in [-0.15, -0.1) is 0 Å². The number of nitriles is 1. The summed E-state index contributed by atoms with van der Waals surface area (Å²) in [6, 6.07) is 4.70. The van der Waals surface area contributed by atoms with Gasteiger partial charge in [0.2, 0.25) is 0 Å². The van der Waals surface area contributed by atoms with Crippen molar-refractivity contribution in [2.75, 3.05) is 7.11 Å². The fraction of sp³-hybridized carbons (Fsp3) is 0.222. The van der Waals surface area contributed by atoms with E-state index in [-0.39, 0.29) is 12.1 Å². The van der Waals surface area contributed by atoms with Gasteiger partial charge in [-0.25, -0.2) is 0 Å². The topological polar surface area (TPSA) is 76.2 Å². The van der Waals surface area contributed by atoms with Crippen molar-refractivity contribution in [1.29, 1.82) is 5.26 Å². The van der Waals surface area contributed by atoms with Crippen molar-refractivity contribution >= 4 is 21.6 Å². The maximum Gasteiger partial charge on any atom is 0.275 e. The molecule has 0 bridgehead atoms. The minimum absolute atomic E-state index is 0.0336. The van der Waals surface area contributed by atoms with E-state index in [4.69, 9.17) is 10.00 Å². The first-order valence-electron chi connectivity index (χ1n) is 3.98. The fourth-order valence-electron chi connectivity index (χ4n) is 1.17. The van der Waals surface area contributed by atoms with Gasteiger partial charge >= 0.3 is 0 Å². The standard InChI is InChI=1S/C9H7BrN2O3/c1-15-8-3-2-7(12(13)14)6(4-5-11)9(8)10/h2-3H,4H2,1H3. The van der Waals surface area contributed by atoms with Crippen molar-refractivity contribution in [1.82, 2.24) is 0 Å². The zero-order chi connectivity index (χ0) is 11.4. The van der Waals surface area contributed by atoms with E-state index in [0.717, 1.165) is 0 Å². The van der Waals surface area contributed by atoms with Crippen LogP contribution in [0, 0.1) is 21.4 Å². The summed E-state index contributed by atoms with van der Waals surface area (Å²) in [6.07, 6.45) is -0.0336. The Bertz CT molecular complexity index is 440. The zero-order valence-electron chi connectivity index (χ0n) is 7.86. The quantitative estimate of drug-likeness (QED) is 0.624. The predicted molar refractivity (Wildman–Crippen MR) is 56.7 cm³/mol. The maximum absolute atomic E-state index is 10.7. The third-order valence-electron chi connectivity index (χ3n) is 1.86. The summed E-state index contributed by atoms with van der Waals surface area (Å²) in [5.41, 5.74) is 0.256. The molecule has 0 spiro atoms. The van der Waals surface area contributed by atoms with Crippen LogP contribution in [0.5, 0.6) is 5.75 Å². The molecule has 5 nitrogen and oxygen atoms in total. The molecule has 78 valence electrons. The number of ether oxygens (including phenoxy) is 1. The molecule has 0 N–H and O–H groups in total. The molecule has 0 atom stereocenters. The first-order chi connectivity index (χ1) is 7.11. The van der Waals surface area contributed by atoms with E-state index in [2.05, 4.69) is 15.9 Å². The molecule has 1 aromatic carbocycles. The Morgan fingerprint density at radius 2 is 2.33 bits per heavy atom. The third kappa shape index (κ3) is 2.25. The highest BCUT2D eigenvalue weighted by molar-refractivity contribution is 9.10. The molecule has 0 saturated carbocycles. The summed E-state index contributed by atoms with van der Waals surface area (Å²) < 4.78 is 5.45. The van der Waals surface area contributed by atoms with E-state index >= 15 is 0 Å². The molecule has 6 heteroatoms. The molecule has 1 aromatic rings. The van der Waals surface area contributed by atoms with Crippen LogP contribution in [-0.4, -0.2) is 12.0 Å². The highest BCUT2D eigenvalue weighted by Crippen LogP contribution is 2.34. The number of benzene rings is 1. The Morgan fingerprint density at radius 1 is 1.67 bits per heavy atom. The molecule has 0 heterocycles. The average Bonchev–Trinajstić information content (AvgIpc) is 2.20. The van der Waals surface area contributed by atoms with Crippen molar-refractivity contribution in [2.45, 2.75) is 6.42 Å². The van der Waals surface area contributed by atoms with Gasteiger partial charge in [-0.1, -0.05) is 0 Å². The molecular weight excluding hydrogens is 264 g/mol. The van der Waals surface area contributed by atoms with Crippen molar-refractivity contribution in [2.24, 2.45) is 0 Å². The minimum atomic E-state index is -0.517. The van der Waals surface area contributed by atoms with Crippen LogP contribution in [0.3, 0.4) is 0 Å². The van der Waals surface area contributed by atoms with Gasteiger partial charge in [-0.05, 0) is 22.0 Å². The van der Waals surface area contributed by atoms with E-state index in [1.165, 1.54) is 19.2 Å². The van der Waals surface area contributed by atoms with Gasteiger partial charge in [-0.2, -0.15) is 5.26 Å². The number of hydrogen-bond donors (Lipinski definition) is 0. The largest absolute Gasteiger partial charge is 0.496 e. The van der Waals surface area contributed by atoms with Gasteiger partial charge in [0.25, 0.3) is 5.69 Å². The van der Waals surface area contributed by atoms with Crippen LogP contribution in [0.15, 0.2) is 16.6 Å². The number of halogens is 1. The summed E-state index contributed by atoms with van der Waals surface area (Å²) >= 11 is 3.18. The van der Waals surface area contributed by atoms with Crippen LogP contribution in [0.4, 0.5) is 5.69 Å². The fourth-order valence-corrected chi connectivity index (χ4v) is 1.80. The van der Waals surface area contributed by atoms with Gasteiger partial charge in [0.15, 0.2) is 0 Å². The van der Waals surface area contributed by atoms with Gasteiger partial charge in [-0.3, -0.25) is 10.1 Å². The Morgan fingerprint density at radius 3 is 2.80 bits per heavy atom. The lowest BCUT2D eigenvalue weighted by Crippen LogP contribution is -1.97. The molecular formula is C9H7BrN2O3. The molecule has 0 amide bonds. The van der Waals surface area contributed by atoms with Crippen molar-refractivity contribution in [3.8, 4) is 11.8 Å². The van der Waals surface area contributed by atoms with Crippen molar-refractivity contribution in [3.63, 3.8) is 0 Å². The van der Waals surface area contributed by atoms with Gasteiger partial charge < -0.3 is 4.74 Å². The molecule has 0 saturated heterocycles. The lowest BCUT2D eigenvalue weighted by atomic mass is 10.1. The summed E-state index contributed by atoms with van der Waals surface area (Å²) in [6.45, 7) is 0. The third-order valence-corrected chi connectivity index (χ3v) is 2.72. The van der Waals surface area contributed by atoms with Gasteiger partial charge in [0.05, 0.1) is 34.6 Å². The second kappa shape index (κ2) is 4.75. The number of nitrogens with zero attached hydrogens (tertiary/aromatic N) is 2. The Hall–Kier alpha value is -1.61. The molecule has 0 fully saturated rings. The Kier molecular flexibility index (Phi) is 3.63. The molecule has 0 radical (unpaired) electrons. The van der Waals surface area contributed by atoms with Crippen LogP contribution in [-0.2, 0) is 6.42 Å². The first-order valence-corrected chi connectivity index (χ1v) is 4.77. The molecule has 0 aliphatic carbocycles. The molecule has 0 aliphatic rings. The summed E-state index contributed by atoms with van der Waals surface area (Å²) in [4.78, 5) is 10.2. The number of nitro benzene ring substituents is 1. The smallest absolute Gasteiger partial charge is 0.275 e. The van der Waals surface area contributed by atoms with E-state index in [1.807, 2.05) is 6.07 Å². The summed E-state index contributed by atoms with van der Waals surface area (Å²) in [5.74, 6) is 0.478. The Balaban J connectivity index is 3.38. The van der Waals surface area contributed by atoms with E-state index in [9.17, 15) is 10.1 Å². The van der Waals surface area contributed by atoms with Crippen LogP contribution in [0.25, 0.3) is 0 Å². The Labute approximate surface area is 94.6 Å². The van der Waals surface area contributed by atoms with Gasteiger partial charge in [0, 0.05) is 6.07 Å². The number of hydrogen-bond acceptors (Lipinski definition) is 4. The highest BCUT2D eigenvalue weighted by Gasteiger charge is 2.19. The number of rotatable bonds is 3. The van der Waals surface area contributed by atoms with Crippen molar-refractivity contribution in [3.05, 3.63) is 32.3 Å². The van der Waals surface area contributed by atoms with Crippen LogP contribution in [0.1, 0.15) is 5.56 Å². The second-order valence-electron chi connectivity index (χ2n) is 2.67. The normalized spacial score (nSPS) is 9.40. The van der Waals surface area contributed by atoms with E-state index < -0.39 is 4.92 Å². The number of methoxy groups -OCH3 is 1. The molecule has 0 aliphatic heterocycles. The lowest BCUT2D eigenvalue weighted by Gasteiger charge is -2.06. The van der Waals surface area contributed by atoms with Crippen LogP contribution < -0.4 is 4.74 Å². The lowest BCUT2D eigenvalue weighted by molar-refractivity contribution is -0.385. The zero-order valence-corrected chi connectivity index (χ0v) is 9.44. The van der Waals surface area contributed by atoms with Crippen LogP contribution >= 0.6 is 15.9 Å². The van der Waals surface area contributed by atoms with E-state index in [0.29, 0.717) is 15.8 Å². The monoisotopic (exact) mass is 270 g/mol. The molecule has 0 unspecified atom stereocenters. The molecule has 15 heavy (non-hydrogen) atoms. The minimum Gasteiger partial charge on any atom is -0.496 e. The first kappa shape index (κ1) is 11.5. The summed E-state index contributed by atoms with van der Waals surface area (Å²) in [5, 5.41) is 19.3. The average molecular weight is 271 g/mol.